The number of ether oxygens (including phenoxy) is 1. The molecule has 11 heteroatoms. The second-order valence-electron chi connectivity index (χ2n) is 6.33. The van der Waals surface area contributed by atoms with Crippen LogP contribution >= 0.6 is 67.3 Å². The molecule has 2 aromatic rings. The summed E-state index contributed by atoms with van der Waals surface area (Å²) in [5, 5.41) is 0. The maximum atomic E-state index is 11.7. The van der Waals surface area contributed by atoms with Crippen LogP contribution in [0.3, 0.4) is 0 Å². The average molecular weight is 535 g/mol. The SMILES string of the molecule is CC(C)OSC(=O)SSc1ccc(Oc2ccc(SSC(=O)SOC(C)C)cc2)cc1. The maximum absolute atomic E-state index is 11.7. The van der Waals surface area contributed by atoms with E-state index >= 15 is 0 Å². The molecule has 31 heavy (non-hydrogen) atoms. The summed E-state index contributed by atoms with van der Waals surface area (Å²) >= 11 is 1.73. The minimum Gasteiger partial charge on any atom is -0.457 e. The molecule has 0 saturated heterocycles. The van der Waals surface area contributed by atoms with Gasteiger partial charge in [0.2, 0.25) is 0 Å². The van der Waals surface area contributed by atoms with E-state index in [0.29, 0.717) is 11.5 Å². The average Bonchev–Trinajstić information content (AvgIpc) is 2.75. The highest BCUT2D eigenvalue weighted by atomic mass is 33.1. The van der Waals surface area contributed by atoms with Crippen molar-refractivity contribution >= 4 is 76.2 Å². The lowest BCUT2D eigenvalue weighted by Gasteiger charge is -2.08. The molecular formula is C20H22O5S6. The molecule has 0 aliphatic heterocycles. The highest BCUT2D eigenvalue weighted by Crippen LogP contribution is 2.38. The van der Waals surface area contributed by atoms with Crippen LogP contribution in [0.15, 0.2) is 58.3 Å². The predicted octanol–water partition coefficient (Wildman–Crippen LogP) is 9.35. The lowest BCUT2D eigenvalue weighted by molar-refractivity contribution is 0.266. The number of carbonyl (C=O) groups is 2. The molecule has 0 aliphatic rings. The molecule has 0 aromatic heterocycles. The van der Waals surface area contributed by atoms with Crippen molar-refractivity contribution in [1.29, 1.82) is 0 Å². The molecule has 2 aromatic carbocycles. The Morgan fingerprint density at radius 2 is 1.00 bits per heavy atom. The number of carbonyl (C=O) groups excluding carboxylic acids is 2. The van der Waals surface area contributed by atoms with Crippen molar-refractivity contribution in [2.24, 2.45) is 0 Å². The van der Waals surface area contributed by atoms with Gasteiger partial charge in [-0.25, -0.2) is 0 Å². The Bertz CT molecular complexity index is 757. The van der Waals surface area contributed by atoms with Gasteiger partial charge in [0.1, 0.15) is 11.5 Å². The summed E-state index contributed by atoms with van der Waals surface area (Å²) in [6.07, 6.45) is 0.0152. The van der Waals surface area contributed by atoms with Crippen LogP contribution in [0.4, 0.5) is 9.59 Å². The Morgan fingerprint density at radius 3 is 1.32 bits per heavy atom. The van der Waals surface area contributed by atoms with E-state index in [1.54, 1.807) is 0 Å². The summed E-state index contributed by atoms with van der Waals surface area (Å²) in [7, 11) is 5.02. The van der Waals surface area contributed by atoms with E-state index in [1.807, 2.05) is 76.2 Å². The van der Waals surface area contributed by atoms with Crippen molar-refractivity contribution in [1.82, 2.24) is 0 Å². The minimum absolute atomic E-state index is 0.00760. The zero-order chi connectivity index (χ0) is 22.6. The molecule has 0 fully saturated rings. The third kappa shape index (κ3) is 11.9. The zero-order valence-corrected chi connectivity index (χ0v) is 22.2. The van der Waals surface area contributed by atoms with Gasteiger partial charge in [0.25, 0.3) is 8.89 Å². The molecular weight excluding hydrogens is 513 g/mol. The first-order valence-corrected chi connectivity index (χ1v) is 14.9. The molecule has 0 bridgehead atoms. The van der Waals surface area contributed by atoms with E-state index in [0.717, 1.165) is 55.5 Å². The van der Waals surface area contributed by atoms with Crippen LogP contribution in [-0.2, 0) is 8.37 Å². The van der Waals surface area contributed by atoms with E-state index < -0.39 is 0 Å². The highest BCUT2D eigenvalue weighted by Gasteiger charge is 2.09. The molecule has 0 atom stereocenters. The van der Waals surface area contributed by atoms with Gasteiger partial charge < -0.3 is 13.1 Å². The fourth-order valence-electron chi connectivity index (χ4n) is 1.73. The third-order valence-electron chi connectivity index (χ3n) is 2.91. The number of hydrogen-bond donors (Lipinski definition) is 0. The summed E-state index contributed by atoms with van der Waals surface area (Å²) in [5.74, 6) is 1.40. The van der Waals surface area contributed by atoms with Crippen molar-refractivity contribution in [3.8, 4) is 11.5 Å². The molecule has 5 nitrogen and oxygen atoms in total. The van der Waals surface area contributed by atoms with Gasteiger partial charge in [-0.3, -0.25) is 9.59 Å². The van der Waals surface area contributed by atoms with Gasteiger partial charge in [0.15, 0.2) is 0 Å². The van der Waals surface area contributed by atoms with Gasteiger partial charge in [-0.2, -0.15) is 0 Å². The molecule has 0 amide bonds. The largest absolute Gasteiger partial charge is 0.457 e. The normalized spacial score (nSPS) is 11.2. The Kier molecular flexibility index (Phi) is 12.7. The quantitative estimate of drug-likeness (QED) is 0.216. The van der Waals surface area contributed by atoms with Crippen LogP contribution < -0.4 is 4.74 Å². The van der Waals surface area contributed by atoms with Gasteiger partial charge in [-0.15, -0.1) is 0 Å². The third-order valence-corrected chi connectivity index (χ3v) is 9.62. The first-order chi connectivity index (χ1) is 14.8. The van der Waals surface area contributed by atoms with Crippen LogP contribution in [0.1, 0.15) is 27.7 Å². The van der Waals surface area contributed by atoms with E-state index in [9.17, 15) is 9.59 Å². The minimum atomic E-state index is -0.0945. The van der Waals surface area contributed by atoms with Crippen LogP contribution in [0.25, 0.3) is 0 Å². The van der Waals surface area contributed by atoms with E-state index in [1.165, 1.54) is 21.6 Å². The summed E-state index contributed by atoms with van der Waals surface area (Å²) in [6.45, 7) is 7.53. The first kappa shape index (κ1) is 26.8. The smallest absolute Gasteiger partial charge is 0.283 e. The lowest BCUT2D eigenvalue weighted by Crippen LogP contribution is -1.95. The van der Waals surface area contributed by atoms with Crippen molar-refractivity contribution < 1.29 is 22.7 Å². The van der Waals surface area contributed by atoms with Crippen LogP contribution in [0, 0.1) is 0 Å². The molecule has 0 unspecified atom stereocenters. The Balaban J connectivity index is 1.76. The summed E-state index contributed by atoms with van der Waals surface area (Å²) in [5.41, 5.74) is 0. The van der Waals surface area contributed by atoms with Gasteiger partial charge in [-0.05, 0) is 97.8 Å². The van der Waals surface area contributed by atoms with E-state index in [-0.39, 0.29) is 21.1 Å². The molecule has 0 heterocycles. The predicted molar refractivity (Wildman–Crippen MR) is 138 cm³/mol. The number of rotatable bonds is 10. The first-order valence-electron chi connectivity index (χ1n) is 9.13. The molecule has 0 radical (unpaired) electrons. The number of hydrogen-bond acceptors (Lipinski definition) is 11. The van der Waals surface area contributed by atoms with E-state index in [2.05, 4.69) is 0 Å². The summed E-state index contributed by atoms with van der Waals surface area (Å²) in [6, 6.07) is 15.0. The standard InChI is InChI=1S/C20H22O5S6/c1-13(2)24-26-19(21)30-28-17-9-5-15(6-10-17)23-16-7-11-18(12-8-16)29-31-20(22)27-25-14(3)4/h5-14H,1-4H3. The van der Waals surface area contributed by atoms with Crippen molar-refractivity contribution in [2.45, 2.75) is 49.7 Å². The monoisotopic (exact) mass is 534 g/mol. The molecule has 0 saturated carbocycles. The van der Waals surface area contributed by atoms with Crippen molar-refractivity contribution in [3.63, 3.8) is 0 Å². The number of benzene rings is 2. The molecule has 0 aliphatic carbocycles. The van der Waals surface area contributed by atoms with Gasteiger partial charge in [0, 0.05) is 31.4 Å². The second-order valence-corrected chi connectivity index (χ2v) is 12.7. The Labute approximate surface area is 207 Å². The second kappa shape index (κ2) is 14.7. The summed E-state index contributed by atoms with van der Waals surface area (Å²) < 4.78 is 16.1. The fourth-order valence-corrected chi connectivity index (χ4v) is 6.31. The molecule has 0 spiro atoms. The zero-order valence-electron chi connectivity index (χ0n) is 17.3. The van der Waals surface area contributed by atoms with E-state index in [4.69, 9.17) is 13.1 Å². The van der Waals surface area contributed by atoms with Crippen LogP contribution in [-0.4, -0.2) is 21.1 Å². The van der Waals surface area contributed by atoms with Gasteiger partial charge in [0.05, 0.1) is 36.3 Å². The van der Waals surface area contributed by atoms with Crippen LogP contribution in [0.2, 0.25) is 0 Å². The van der Waals surface area contributed by atoms with Crippen LogP contribution in [0.5, 0.6) is 11.5 Å². The van der Waals surface area contributed by atoms with Crippen molar-refractivity contribution in [2.75, 3.05) is 0 Å². The molecule has 2 rings (SSSR count). The lowest BCUT2D eigenvalue weighted by atomic mass is 10.3. The highest BCUT2D eigenvalue weighted by molar-refractivity contribution is 8.86. The Hall–Kier alpha value is -0.400. The maximum Gasteiger partial charge on any atom is 0.283 e. The topological polar surface area (TPSA) is 61.8 Å². The molecule has 168 valence electrons. The van der Waals surface area contributed by atoms with Gasteiger partial charge in [-0.1, -0.05) is 0 Å². The van der Waals surface area contributed by atoms with Gasteiger partial charge >= 0.3 is 0 Å². The Morgan fingerprint density at radius 1 is 0.645 bits per heavy atom. The summed E-state index contributed by atoms with van der Waals surface area (Å²) in [4.78, 5) is 25.3. The fraction of sp³-hybridized carbons (Fsp3) is 0.300. The van der Waals surface area contributed by atoms with Crippen molar-refractivity contribution in [3.05, 3.63) is 48.5 Å². The molecule has 0 N–H and O–H groups in total.